The summed E-state index contributed by atoms with van der Waals surface area (Å²) in [7, 11) is 2.84. The van der Waals surface area contributed by atoms with E-state index < -0.39 is 0 Å². The number of imide groups is 1. The molecule has 0 saturated heterocycles. The third-order valence-corrected chi connectivity index (χ3v) is 6.23. The fraction of sp³-hybridized carbons (Fsp3) is 0.500. The predicted molar refractivity (Wildman–Crippen MR) is 90.3 cm³/mol. The quantitative estimate of drug-likeness (QED) is 0.453. The second kappa shape index (κ2) is 5.69. The van der Waals surface area contributed by atoms with Crippen molar-refractivity contribution in [1.82, 2.24) is 4.31 Å². The van der Waals surface area contributed by atoms with Crippen LogP contribution in [0.5, 0.6) is 0 Å². The highest BCUT2D eigenvalue weighted by molar-refractivity contribution is 8.76. The van der Waals surface area contributed by atoms with Crippen LogP contribution in [0.4, 0.5) is 0 Å². The summed E-state index contributed by atoms with van der Waals surface area (Å²) in [6.07, 6.45) is 1.00. The molecule has 21 heavy (non-hydrogen) atoms. The Bertz CT molecular complexity index is 541. The monoisotopic (exact) mass is 323 g/mol. The van der Waals surface area contributed by atoms with Gasteiger partial charge in [-0.05, 0) is 37.8 Å². The highest BCUT2D eigenvalue weighted by Gasteiger charge is 2.38. The van der Waals surface area contributed by atoms with Gasteiger partial charge < -0.3 is 0 Å². The summed E-state index contributed by atoms with van der Waals surface area (Å²) < 4.78 is 1.26. The number of hydrogen-bond acceptors (Lipinski definition) is 4. The Kier molecular flexibility index (Phi) is 4.45. The van der Waals surface area contributed by atoms with Crippen LogP contribution >= 0.6 is 21.8 Å². The van der Waals surface area contributed by atoms with Gasteiger partial charge in [0.2, 0.25) is 0 Å². The Morgan fingerprint density at radius 3 is 1.86 bits per heavy atom. The van der Waals surface area contributed by atoms with Gasteiger partial charge in [0.15, 0.2) is 0 Å². The molecule has 114 valence electrons. The molecule has 1 aromatic rings. The average Bonchev–Trinajstić information content (AvgIpc) is 2.58. The van der Waals surface area contributed by atoms with Crippen molar-refractivity contribution in [3.63, 3.8) is 0 Å². The van der Waals surface area contributed by atoms with Crippen molar-refractivity contribution < 1.29 is 9.59 Å². The Balaban J connectivity index is 2.06. The highest BCUT2D eigenvalue weighted by Crippen LogP contribution is 2.46. The van der Waals surface area contributed by atoms with Crippen LogP contribution in [0.1, 0.15) is 61.8 Å². The first-order chi connectivity index (χ1) is 9.61. The van der Waals surface area contributed by atoms with Crippen LogP contribution in [0.3, 0.4) is 0 Å². The number of rotatable bonds is 4. The number of hydrogen-bond donors (Lipinski definition) is 0. The van der Waals surface area contributed by atoms with Crippen molar-refractivity contribution in [2.24, 2.45) is 5.41 Å². The molecule has 0 saturated carbocycles. The maximum Gasteiger partial charge on any atom is 0.272 e. The van der Waals surface area contributed by atoms with Crippen molar-refractivity contribution in [1.29, 1.82) is 0 Å². The Morgan fingerprint density at radius 1 is 0.952 bits per heavy atom. The first-order valence-corrected chi connectivity index (χ1v) is 9.05. The van der Waals surface area contributed by atoms with E-state index in [0.717, 1.165) is 6.42 Å². The number of nitrogens with zero attached hydrogens (tertiary/aromatic N) is 1. The summed E-state index contributed by atoms with van der Waals surface area (Å²) in [6, 6.07) is 6.99. The molecule has 0 aromatic heterocycles. The van der Waals surface area contributed by atoms with Gasteiger partial charge in [-0.15, -0.1) is 0 Å². The van der Waals surface area contributed by atoms with Crippen LogP contribution in [0.2, 0.25) is 0 Å². The van der Waals surface area contributed by atoms with Gasteiger partial charge in [0, 0.05) is 15.7 Å². The van der Waals surface area contributed by atoms with Crippen molar-refractivity contribution in [3.8, 4) is 0 Å². The van der Waals surface area contributed by atoms with E-state index in [1.165, 1.54) is 15.3 Å². The SMILES string of the molecule is CC(C)(C)CC(C)(C)SSN1C(=O)c2ccccc2C1=O. The topological polar surface area (TPSA) is 37.4 Å². The molecule has 0 fully saturated rings. The minimum absolute atomic E-state index is 0.0156. The van der Waals surface area contributed by atoms with Crippen molar-refractivity contribution >= 4 is 33.6 Å². The van der Waals surface area contributed by atoms with E-state index in [9.17, 15) is 9.59 Å². The van der Waals surface area contributed by atoms with E-state index >= 15 is 0 Å². The van der Waals surface area contributed by atoms with E-state index in [1.807, 2.05) is 0 Å². The van der Waals surface area contributed by atoms with Gasteiger partial charge in [0.1, 0.15) is 0 Å². The summed E-state index contributed by atoms with van der Waals surface area (Å²) in [4.78, 5) is 24.6. The average molecular weight is 323 g/mol. The minimum Gasteiger partial charge on any atom is -0.268 e. The number of fused-ring (bicyclic) bond motifs is 1. The molecule has 1 heterocycles. The molecule has 0 radical (unpaired) electrons. The van der Waals surface area contributed by atoms with Crippen LogP contribution in [0, 0.1) is 5.41 Å². The van der Waals surface area contributed by atoms with E-state index in [2.05, 4.69) is 34.6 Å². The third-order valence-electron chi connectivity index (χ3n) is 3.05. The zero-order chi connectivity index (χ0) is 15.8. The zero-order valence-electron chi connectivity index (χ0n) is 13.1. The molecule has 0 atom stereocenters. The van der Waals surface area contributed by atoms with Crippen LogP contribution < -0.4 is 0 Å². The maximum atomic E-state index is 12.3. The van der Waals surface area contributed by atoms with Gasteiger partial charge in [-0.3, -0.25) is 9.59 Å². The number of carbonyl (C=O) groups excluding carboxylic acids is 2. The number of carbonyl (C=O) groups is 2. The Morgan fingerprint density at radius 2 is 1.43 bits per heavy atom. The molecular formula is C16H21NO2S2. The summed E-state index contributed by atoms with van der Waals surface area (Å²) >= 11 is 0. The predicted octanol–water partition coefficient (Wildman–Crippen LogP) is 4.79. The largest absolute Gasteiger partial charge is 0.272 e. The van der Waals surface area contributed by atoms with Crippen LogP contribution in [0.25, 0.3) is 0 Å². The lowest BCUT2D eigenvalue weighted by Gasteiger charge is -2.31. The highest BCUT2D eigenvalue weighted by atomic mass is 33.1. The van der Waals surface area contributed by atoms with E-state index in [1.54, 1.807) is 35.1 Å². The molecule has 2 amide bonds. The first kappa shape index (κ1) is 16.4. The maximum absolute atomic E-state index is 12.3. The molecule has 1 aromatic carbocycles. The van der Waals surface area contributed by atoms with E-state index in [0.29, 0.717) is 11.1 Å². The molecule has 0 bridgehead atoms. The molecule has 0 N–H and O–H groups in total. The lowest BCUT2D eigenvalue weighted by Crippen LogP contribution is -2.26. The van der Waals surface area contributed by atoms with Gasteiger partial charge in [-0.2, -0.15) is 0 Å². The van der Waals surface area contributed by atoms with Crippen LogP contribution in [0.15, 0.2) is 24.3 Å². The molecule has 1 aliphatic rings. The third kappa shape index (κ3) is 3.83. The second-order valence-electron chi connectivity index (χ2n) is 7.11. The van der Waals surface area contributed by atoms with Crippen LogP contribution in [-0.2, 0) is 0 Å². The first-order valence-electron chi connectivity index (χ1n) is 6.94. The molecule has 0 aliphatic carbocycles. The van der Waals surface area contributed by atoms with Crippen molar-refractivity contribution in [3.05, 3.63) is 35.4 Å². The number of amides is 2. The fourth-order valence-electron chi connectivity index (χ4n) is 2.68. The second-order valence-corrected chi connectivity index (χ2v) is 9.84. The molecule has 1 aliphatic heterocycles. The molecular weight excluding hydrogens is 302 g/mol. The van der Waals surface area contributed by atoms with Crippen molar-refractivity contribution in [2.75, 3.05) is 0 Å². The fourth-order valence-corrected chi connectivity index (χ4v) is 5.19. The van der Waals surface area contributed by atoms with E-state index in [-0.39, 0.29) is 22.0 Å². The zero-order valence-corrected chi connectivity index (χ0v) is 14.7. The van der Waals surface area contributed by atoms with Gasteiger partial charge >= 0.3 is 0 Å². The molecule has 0 spiro atoms. The number of benzene rings is 1. The molecule has 5 heteroatoms. The summed E-state index contributed by atoms with van der Waals surface area (Å²) in [6.45, 7) is 10.9. The van der Waals surface area contributed by atoms with E-state index in [4.69, 9.17) is 0 Å². The van der Waals surface area contributed by atoms with Gasteiger partial charge in [-0.25, -0.2) is 4.31 Å². The summed E-state index contributed by atoms with van der Waals surface area (Å²) in [5, 5.41) is 0. The lowest BCUT2D eigenvalue weighted by atomic mass is 9.86. The lowest BCUT2D eigenvalue weighted by molar-refractivity contribution is 0.0779. The smallest absolute Gasteiger partial charge is 0.268 e. The molecule has 2 rings (SSSR count). The van der Waals surface area contributed by atoms with Gasteiger partial charge in [0.05, 0.1) is 11.1 Å². The Labute approximate surface area is 134 Å². The van der Waals surface area contributed by atoms with Gasteiger partial charge in [0.25, 0.3) is 11.8 Å². The standard InChI is InChI=1S/C16H21NO2S2/c1-15(2,3)10-16(4,5)20-21-17-13(18)11-8-6-7-9-12(11)14(17)19/h6-9H,10H2,1-5H3. The van der Waals surface area contributed by atoms with Crippen LogP contribution in [-0.4, -0.2) is 20.9 Å². The van der Waals surface area contributed by atoms with Gasteiger partial charge in [-0.1, -0.05) is 43.7 Å². The normalized spacial score (nSPS) is 15.6. The molecule has 3 nitrogen and oxygen atoms in total. The summed E-state index contributed by atoms with van der Waals surface area (Å²) in [5.74, 6) is -0.417. The molecule has 0 unspecified atom stereocenters. The van der Waals surface area contributed by atoms with Crippen molar-refractivity contribution in [2.45, 2.75) is 45.8 Å². The summed E-state index contributed by atoms with van der Waals surface area (Å²) in [5.41, 5.74) is 1.22. The Hall–Kier alpha value is -0.940. The minimum atomic E-state index is -0.209.